The molecule has 4 rings (SSSR count). The van der Waals surface area contributed by atoms with E-state index in [-0.39, 0.29) is 51.0 Å². The third kappa shape index (κ3) is 5.16. The molecule has 0 aliphatic heterocycles. The van der Waals surface area contributed by atoms with Gasteiger partial charge < -0.3 is 29.8 Å². The number of fused-ring (bicyclic) bond motifs is 3. The van der Waals surface area contributed by atoms with Crippen LogP contribution in [-0.2, 0) is 32.6 Å². The Hall–Kier alpha value is -0.207. The molecule has 2 aliphatic rings. The molecule has 110 valence electrons. The van der Waals surface area contributed by atoms with Crippen LogP contribution in [0.25, 0.3) is 11.1 Å². The van der Waals surface area contributed by atoms with E-state index in [4.69, 9.17) is 0 Å². The second kappa shape index (κ2) is 10.5. The van der Waals surface area contributed by atoms with E-state index in [9.17, 15) is 0 Å². The minimum Gasteiger partial charge on any atom is -1.00 e. The number of pyridine rings is 1. The van der Waals surface area contributed by atoms with Crippen LogP contribution < -0.4 is 24.8 Å². The Bertz CT molecular complexity index is 661. The third-order valence-corrected chi connectivity index (χ3v) is 3.55. The molecule has 0 saturated carbocycles. The van der Waals surface area contributed by atoms with E-state index in [2.05, 4.69) is 69.6 Å². The molecule has 0 radical (unpaired) electrons. The molecule has 22 heavy (non-hydrogen) atoms. The van der Waals surface area contributed by atoms with Crippen LogP contribution in [0.5, 0.6) is 0 Å². The molecule has 0 amide bonds. The SMILES string of the molecule is Brc1cc2c([c-]n1)-c1ccccc1C2.[C-]1=CC=CC1.[Cl-].[Cl-].[Zr+4]. The average molecular weight is 472 g/mol. The Morgan fingerprint density at radius 3 is 2.50 bits per heavy atom. The number of benzene rings is 1. The first-order chi connectivity index (χ1) is 9.34. The van der Waals surface area contributed by atoms with Gasteiger partial charge in [-0.15, -0.1) is 23.6 Å². The number of nitrogens with zero attached hydrogens (tertiary/aromatic N) is 1. The smallest absolute Gasteiger partial charge is 1.00 e. The summed E-state index contributed by atoms with van der Waals surface area (Å²) in [6.45, 7) is 0. The molecule has 2 aliphatic carbocycles. The zero-order valence-electron chi connectivity index (χ0n) is 11.6. The van der Waals surface area contributed by atoms with E-state index in [0.717, 1.165) is 23.0 Å². The van der Waals surface area contributed by atoms with E-state index >= 15 is 0 Å². The molecule has 1 aromatic carbocycles. The fraction of sp³-hybridized carbons (Fsp3) is 0.118. The molecule has 0 spiro atoms. The van der Waals surface area contributed by atoms with Crippen molar-refractivity contribution in [2.45, 2.75) is 12.8 Å². The summed E-state index contributed by atoms with van der Waals surface area (Å²) >= 11 is 3.37. The van der Waals surface area contributed by atoms with E-state index in [1.165, 1.54) is 16.7 Å². The van der Waals surface area contributed by atoms with Crippen LogP contribution in [-0.4, -0.2) is 4.98 Å². The molecule has 0 saturated heterocycles. The predicted octanol–water partition coefficient (Wildman–Crippen LogP) is -1.47. The van der Waals surface area contributed by atoms with Crippen molar-refractivity contribution in [1.29, 1.82) is 0 Å². The summed E-state index contributed by atoms with van der Waals surface area (Å²) in [6, 6.07) is 10.5. The Labute approximate surface area is 171 Å². The van der Waals surface area contributed by atoms with Gasteiger partial charge in [-0.2, -0.15) is 6.08 Å². The van der Waals surface area contributed by atoms with Crippen molar-refractivity contribution in [1.82, 2.24) is 4.98 Å². The van der Waals surface area contributed by atoms with Crippen molar-refractivity contribution in [3.8, 4) is 11.1 Å². The molecule has 0 N–H and O–H groups in total. The molecule has 5 heteroatoms. The van der Waals surface area contributed by atoms with Crippen molar-refractivity contribution < 1.29 is 51.0 Å². The van der Waals surface area contributed by atoms with Crippen LogP contribution in [0.3, 0.4) is 0 Å². The van der Waals surface area contributed by atoms with Crippen molar-refractivity contribution in [2.75, 3.05) is 0 Å². The molecule has 1 aromatic heterocycles. The Kier molecular flexibility index (Phi) is 10.4. The number of halogens is 3. The summed E-state index contributed by atoms with van der Waals surface area (Å²) in [5.41, 5.74) is 5.12. The topological polar surface area (TPSA) is 12.9 Å². The van der Waals surface area contributed by atoms with Gasteiger partial charge >= 0.3 is 26.2 Å². The first kappa shape index (κ1) is 21.8. The first-order valence-electron chi connectivity index (χ1n) is 6.22. The van der Waals surface area contributed by atoms with Gasteiger partial charge in [-0.1, -0.05) is 51.3 Å². The van der Waals surface area contributed by atoms with E-state index in [1.807, 2.05) is 12.2 Å². The zero-order chi connectivity index (χ0) is 13.1. The Morgan fingerprint density at radius 2 is 1.86 bits per heavy atom. The van der Waals surface area contributed by atoms with Crippen molar-refractivity contribution >= 4 is 15.9 Å². The van der Waals surface area contributed by atoms with E-state index < -0.39 is 0 Å². The second-order valence-electron chi connectivity index (χ2n) is 4.43. The molecule has 0 unspecified atom stereocenters. The second-order valence-corrected chi connectivity index (χ2v) is 5.24. The monoisotopic (exact) mass is 469 g/mol. The van der Waals surface area contributed by atoms with Gasteiger partial charge in [0.05, 0.1) is 0 Å². The summed E-state index contributed by atoms with van der Waals surface area (Å²) in [7, 11) is 0. The minimum atomic E-state index is 0. The quantitative estimate of drug-likeness (QED) is 0.288. The van der Waals surface area contributed by atoms with Crippen molar-refractivity contribution in [3.63, 3.8) is 0 Å². The maximum absolute atomic E-state index is 4.14. The molecule has 0 atom stereocenters. The summed E-state index contributed by atoms with van der Waals surface area (Å²) in [4.78, 5) is 4.14. The number of allylic oxidation sites excluding steroid dienone is 4. The van der Waals surface area contributed by atoms with Crippen LogP contribution in [0.4, 0.5) is 0 Å². The molecule has 1 nitrogen and oxygen atoms in total. The van der Waals surface area contributed by atoms with Crippen LogP contribution in [0.15, 0.2) is 53.2 Å². The fourth-order valence-corrected chi connectivity index (χ4v) is 2.63. The standard InChI is InChI=1S/C12H7BrN.C5H5.2ClH.Zr/c13-12-6-9-5-8-3-1-2-4-10(8)11(9)7-14-12;1-2-4-5-3-1;;;/h1-4,6H,5H2;1-3H,4H2;2*1H;/q2*-1;;;+4/p-2. The molecular formula is C17H12BrCl2NZr. The summed E-state index contributed by atoms with van der Waals surface area (Å²) in [5, 5.41) is 0. The maximum atomic E-state index is 4.14. The van der Waals surface area contributed by atoms with Crippen LogP contribution in [0.2, 0.25) is 0 Å². The van der Waals surface area contributed by atoms with Gasteiger partial charge in [0.25, 0.3) is 0 Å². The third-order valence-electron chi connectivity index (χ3n) is 3.14. The Balaban J connectivity index is 0.000000482. The van der Waals surface area contributed by atoms with E-state index in [0.29, 0.717) is 0 Å². The average Bonchev–Trinajstić information content (AvgIpc) is 3.09. The molecule has 0 fully saturated rings. The summed E-state index contributed by atoms with van der Waals surface area (Å²) < 4.78 is 0.865. The number of rotatable bonds is 0. The zero-order valence-corrected chi connectivity index (χ0v) is 17.2. The maximum Gasteiger partial charge on any atom is 4.00 e. The van der Waals surface area contributed by atoms with Crippen molar-refractivity contribution in [3.05, 3.63) is 76.6 Å². The molecule has 1 heterocycles. The molecule has 0 bridgehead atoms. The van der Waals surface area contributed by atoms with Gasteiger partial charge in [-0.25, -0.2) is 12.2 Å². The number of aromatic nitrogens is 1. The van der Waals surface area contributed by atoms with Gasteiger partial charge in [0.15, 0.2) is 0 Å². The fourth-order valence-electron chi connectivity index (χ4n) is 2.27. The van der Waals surface area contributed by atoms with Crippen LogP contribution >= 0.6 is 15.9 Å². The van der Waals surface area contributed by atoms with Gasteiger partial charge in [-0.05, 0) is 12.6 Å². The molecular weight excluding hydrogens is 460 g/mol. The van der Waals surface area contributed by atoms with Gasteiger partial charge in [0, 0.05) is 4.60 Å². The normalized spacial score (nSPS) is 11.9. The van der Waals surface area contributed by atoms with Crippen LogP contribution in [0.1, 0.15) is 17.5 Å². The predicted molar refractivity (Wildman–Crippen MR) is 80.6 cm³/mol. The van der Waals surface area contributed by atoms with Gasteiger partial charge in [0.2, 0.25) is 0 Å². The summed E-state index contributed by atoms with van der Waals surface area (Å²) in [5.74, 6) is 0. The largest absolute Gasteiger partial charge is 4.00 e. The Morgan fingerprint density at radius 1 is 1.09 bits per heavy atom. The first-order valence-corrected chi connectivity index (χ1v) is 7.01. The number of hydrogen-bond acceptors (Lipinski definition) is 1. The summed E-state index contributed by atoms with van der Waals surface area (Å²) in [6.07, 6.45) is 14.1. The van der Waals surface area contributed by atoms with Crippen molar-refractivity contribution in [2.24, 2.45) is 0 Å². The number of hydrogen-bond donors (Lipinski definition) is 0. The molecule has 2 aromatic rings. The minimum absolute atomic E-state index is 0. The van der Waals surface area contributed by atoms with Crippen LogP contribution in [0, 0.1) is 12.3 Å². The van der Waals surface area contributed by atoms with E-state index in [1.54, 1.807) is 0 Å². The van der Waals surface area contributed by atoms with Gasteiger partial charge in [0.1, 0.15) is 0 Å². The van der Waals surface area contributed by atoms with Gasteiger partial charge in [-0.3, -0.25) is 6.08 Å².